The zero-order valence-electron chi connectivity index (χ0n) is 8.50. The minimum atomic E-state index is -0.416. The summed E-state index contributed by atoms with van der Waals surface area (Å²) in [5, 5.41) is 2.78. The van der Waals surface area contributed by atoms with Gasteiger partial charge in [-0.1, -0.05) is 36.4 Å². The maximum atomic E-state index is 11.4. The van der Waals surface area contributed by atoms with E-state index in [-0.39, 0.29) is 18.2 Å². The van der Waals surface area contributed by atoms with E-state index in [0.29, 0.717) is 10.6 Å². The van der Waals surface area contributed by atoms with Crippen LogP contribution < -0.4 is 5.32 Å². The van der Waals surface area contributed by atoms with Crippen molar-refractivity contribution in [1.29, 1.82) is 0 Å². The predicted molar refractivity (Wildman–Crippen MR) is 61.1 cm³/mol. The van der Waals surface area contributed by atoms with Gasteiger partial charge in [0.2, 0.25) is 5.91 Å². The Morgan fingerprint density at radius 2 is 2.00 bits per heavy atom. The summed E-state index contributed by atoms with van der Waals surface area (Å²) in [6.07, 6.45) is 0.217. The summed E-state index contributed by atoms with van der Waals surface area (Å²) in [5.41, 5.74) is 1.16. The molecule has 1 fully saturated rings. The van der Waals surface area contributed by atoms with E-state index in [1.54, 1.807) is 12.1 Å². The molecule has 1 saturated heterocycles. The van der Waals surface area contributed by atoms with Crippen LogP contribution in [0.3, 0.4) is 0 Å². The molecule has 0 bridgehead atoms. The predicted octanol–water partition coefficient (Wildman–Crippen LogP) is 2.03. The minimum absolute atomic E-state index is 0.217. The highest BCUT2D eigenvalue weighted by atomic mass is 35.5. The Labute approximate surface area is 98.1 Å². The summed E-state index contributed by atoms with van der Waals surface area (Å²) < 4.78 is 0. The molecule has 0 radical (unpaired) electrons. The molecule has 3 nitrogen and oxygen atoms in total. The largest absolute Gasteiger partial charge is 0.293 e. The van der Waals surface area contributed by atoms with Gasteiger partial charge in [-0.15, -0.1) is 0 Å². The number of halogens is 1. The molecule has 82 valence electrons. The zero-order valence-corrected chi connectivity index (χ0v) is 9.25. The highest BCUT2D eigenvalue weighted by Gasteiger charge is 2.30. The number of hydrogen-bond donors (Lipinski definition) is 1. The third-order valence-electron chi connectivity index (χ3n) is 2.64. The topological polar surface area (TPSA) is 46.2 Å². The second-order valence-corrected chi connectivity index (χ2v) is 4.09. The van der Waals surface area contributed by atoms with Gasteiger partial charge in [-0.2, -0.15) is 0 Å². The molecule has 0 spiro atoms. The number of rotatable bonds is 1. The Kier molecular flexibility index (Phi) is 2.79. The summed E-state index contributed by atoms with van der Waals surface area (Å²) in [6.45, 7) is 3.71. The highest BCUT2D eigenvalue weighted by Crippen LogP contribution is 2.33. The van der Waals surface area contributed by atoms with Crippen LogP contribution in [-0.2, 0) is 9.59 Å². The van der Waals surface area contributed by atoms with Gasteiger partial charge in [0.25, 0.3) is 5.91 Å². The molecule has 4 heteroatoms. The van der Waals surface area contributed by atoms with Crippen LogP contribution in [0.5, 0.6) is 0 Å². The number of amides is 2. The smallest absolute Gasteiger partial charge is 0.253 e. The maximum Gasteiger partial charge on any atom is 0.253 e. The lowest BCUT2D eigenvalue weighted by Crippen LogP contribution is -2.39. The van der Waals surface area contributed by atoms with Crippen LogP contribution in [0.25, 0.3) is 0 Å². The third kappa shape index (κ3) is 1.86. The van der Waals surface area contributed by atoms with E-state index in [1.807, 2.05) is 12.1 Å². The SMILES string of the molecule is C=C1C(=O)NC(=O)CC1c1ccccc1Cl. The lowest BCUT2D eigenvalue weighted by atomic mass is 9.86. The fourth-order valence-electron chi connectivity index (χ4n) is 1.78. The van der Waals surface area contributed by atoms with E-state index in [4.69, 9.17) is 11.6 Å². The lowest BCUT2D eigenvalue weighted by Gasteiger charge is -2.24. The van der Waals surface area contributed by atoms with Crippen molar-refractivity contribution >= 4 is 23.4 Å². The number of carbonyl (C=O) groups is 2. The first-order valence-electron chi connectivity index (χ1n) is 4.87. The molecular weight excluding hydrogens is 226 g/mol. The van der Waals surface area contributed by atoms with Gasteiger partial charge in [0.1, 0.15) is 0 Å². The van der Waals surface area contributed by atoms with Crippen LogP contribution in [-0.4, -0.2) is 11.8 Å². The normalized spacial score (nSPS) is 20.8. The monoisotopic (exact) mass is 235 g/mol. The van der Waals surface area contributed by atoms with Crippen LogP contribution in [0.15, 0.2) is 36.4 Å². The molecule has 0 saturated carbocycles. The quantitative estimate of drug-likeness (QED) is 0.598. The standard InChI is InChI=1S/C12H10ClNO2/c1-7-9(6-11(15)14-12(7)16)8-4-2-3-5-10(8)13/h2-5,9H,1,6H2,(H,14,15,16). The molecule has 1 aromatic rings. The molecule has 16 heavy (non-hydrogen) atoms. The fraction of sp³-hybridized carbons (Fsp3) is 0.167. The maximum absolute atomic E-state index is 11.4. The Morgan fingerprint density at radius 1 is 1.31 bits per heavy atom. The average Bonchev–Trinajstić information content (AvgIpc) is 2.24. The number of benzene rings is 1. The van der Waals surface area contributed by atoms with Crippen molar-refractivity contribution in [3.63, 3.8) is 0 Å². The van der Waals surface area contributed by atoms with E-state index >= 15 is 0 Å². The van der Waals surface area contributed by atoms with Crippen molar-refractivity contribution in [2.24, 2.45) is 0 Å². The van der Waals surface area contributed by atoms with Crippen molar-refractivity contribution < 1.29 is 9.59 Å². The molecular formula is C12H10ClNO2. The average molecular weight is 236 g/mol. The van der Waals surface area contributed by atoms with Gasteiger partial charge < -0.3 is 0 Å². The molecule has 1 aliphatic heterocycles. The Bertz CT molecular complexity index is 482. The van der Waals surface area contributed by atoms with Crippen molar-refractivity contribution in [1.82, 2.24) is 5.32 Å². The van der Waals surface area contributed by atoms with Crippen molar-refractivity contribution in [2.45, 2.75) is 12.3 Å². The first kappa shape index (κ1) is 10.9. The lowest BCUT2D eigenvalue weighted by molar-refractivity contribution is -0.130. The second kappa shape index (κ2) is 4.10. The van der Waals surface area contributed by atoms with Gasteiger partial charge in [-0.25, -0.2) is 0 Å². The van der Waals surface area contributed by atoms with Crippen LogP contribution >= 0.6 is 11.6 Å². The van der Waals surface area contributed by atoms with Gasteiger partial charge in [0.15, 0.2) is 0 Å². The molecule has 1 aromatic carbocycles. The van der Waals surface area contributed by atoms with Crippen LogP contribution in [0, 0.1) is 0 Å². The highest BCUT2D eigenvalue weighted by molar-refractivity contribution is 6.31. The van der Waals surface area contributed by atoms with E-state index in [0.717, 1.165) is 5.56 Å². The summed E-state index contributed by atoms with van der Waals surface area (Å²) in [4.78, 5) is 22.7. The van der Waals surface area contributed by atoms with Crippen LogP contribution in [0.2, 0.25) is 5.02 Å². The van der Waals surface area contributed by atoms with Crippen LogP contribution in [0.4, 0.5) is 0 Å². The number of nitrogens with one attached hydrogen (secondary N) is 1. The Balaban J connectivity index is 2.40. The fourth-order valence-corrected chi connectivity index (χ4v) is 2.05. The van der Waals surface area contributed by atoms with Gasteiger partial charge in [0, 0.05) is 22.9 Å². The summed E-state index contributed by atoms with van der Waals surface area (Å²) in [6, 6.07) is 7.18. The van der Waals surface area contributed by atoms with Gasteiger partial charge in [-0.05, 0) is 11.6 Å². The molecule has 1 N–H and O–H groups in total. The zero-order chi connectivity index (χ0) is 11.7. The number of imide groups is 1. The summed E-state index contributed by atoms with van der Waals surface area (Å²) >= 11 is 6.03. The molecule has 1 aliphatic rings. The molecule has 2 amide bonds. The minimum Gasteiger partial charge on any atom is -0.293 e. The number of carbonyl (C=O) groups excluding carboxylic acids is 2. The number of hydrogen-bond acceptors (Lipinski definition) is 2. The van der Waals surface area contributed by atoms with Crippen LogP contribution in [0.1, 0.15) is 17.9 Å². The molecule has 2 rings (SSSR count). The molecule has 1 unspecified atom stereocenters. The Hall–Kier alpha value is -1.61. The van der Waals surface area contributed by atoms with E-state index < -0.39 is 5.91 Å². The van der Waals surface area contributed by atoms with Crippen molar-refractivity contribution in [2.75, 3.05) is 0 Å². The van der Waals surface area contributed by atoms with E-state index in [1.165, 1.54) is 0 Å². The van der Waals surface area contributed by atoms with Crippen molar-refractivity contribution in [3.8, 4) is 0 Å². The van der Waals surface area contributed by atoms with Gasteiger partial charge in [-0.3, -0.25) is 14.9 Å². The third-order valence-corrected chi connectivity index (χ3v) is 2.98. The van der Waals surface area contributed by atoms with Gasteiger partial charge >= 0.3 is 0 Å². The molecule has 1 atom stereocenters. The van der Waals surface area contributed by atoms with E-state index in [9.17, 15) is 9.59 Å². The number of piperidine rings is 1. The molecule has 0 aromatic heterocycles. The molecule has 0 aliphatic carbocycles. The van der Waals surface area contributed by atoms with Gasteiger partial charge in [0.05, 0.1) is 0 Å². The second-order valence-electron chi connectivity index (χ2n) is 3.68. The summed E-state index contributed by atoms with van der Waals surface area (Å²) in [7, 11) is 0. The molecule has 1 heterocycles. The summed E-state index contributed by atoms with van der Waals surface area (Å²) in [5.74, 6) is -1.02. The first-order valence-corrected chi connectivity index (χ1v) is 5.25. The first-order chi connectivity index (χ1) is 7.59. The van der Waals surface area contributed by atoms with Crippen molar-refractivity contribution in [3.05, 3.63) is 47.0 Å². The Morgan fingerprint density at radius 3 is 2.69 bits per heavy atom. The van der Waals surface area contributed by atoms with E-state index in [2.05, 4.69) is 11.9 Å².